The first kappa shape index (κ1) is 24.5. The fourth-order valence-electron chi connectivity index (χ4n) is 4.46. The van der Waals surface area contributed by atoms with Crippen LogP contribution < -0.4 is 4.74 Å². The topological polar surface area (TPSA) is 117 Å². The van der Waals surface area contributed by atoms with Gasteiger partial charge in [-0.25, -0.2) is 22.4 Å². The molecule has 1 saturated heterocycles. The van der Waals surface area contributed by atoms with Crippen LogP contribution in [0.3, 0.4) is 0 Å². The Morgan fingerprint density at radius 2 is 2.11 bits per heavy atom. The monoisotopic (exact) mass is 512 g/mol. The first-order valence-electron chi connectivity index (χ1n) is 11.5. The van der Waals surface area contributed by atoms with Crippen molar-refractivity contribution in [3.8, 4) is 23.2 Å². The Balaban J connectivity index is 1.46. The molecule has 0 unspecified atom stereocenters. The molecule has 0 aromatic carbocycles. The van der Waals surface area contributed by atoms with E-state index >= 15 is 0 Å². The highest BCUT2D eigenvalue weighted by molar-refractivity contribution is 5.70. The lowest BCUT2D eigenvalue weighted by Crippen LogP contribution is -2.40. The average molecular weight is 512 g/mol. The third kappa shape index (κ3) is 4.55. The van der Waals surface area contributed by atoms with Gasteiger partial charge in [-0.05, 0) is 38.5 Å². The highest BCUT2D eigenvalue weighted by Gasteiger charge is 2.33. The van der Waals surface area contributed by atoms with E-state index in [1.165, 1.54) is 33.2 Å². The van der Waals surface area contributed by atoms with Crippen molar-refractivity contribution in [1.29, 1.82) is 5.26 Å². The highest BCUT2D eigenvalue weighted by atomic mass is 19.1. The first-order valence-corrected chi connectivity index (χ1v) is 11.5. The summed E-state index contributed by atoms with van der Waals surface area (Å²) in [6.07, 6.45) is 4.63. The second-order valence-electron chi connectivity index (χ2n) is 9.19. The number of hydrogen-bond acceptors (Lipinski definition) is 8. The van der Waals surface area contributed by atoms with Crippen LogP contribution in [-0.2, 0) is 5.60 Å². The number of hydrogen-bond donors (Lipinski definition) is 1. The average Bonchev–Trinajstić information content (AvgIpc) is 3.45. The second-order valence-corrected chi connectivity index (χ2v) is 9.19. The number of nitriles is 1. The number of halogens is 3. The molecule has 13 heteroatoms. The van der Waals surface area contributed by atoms with Gasteiger partial charge in [0.25, 0.3) is 0 Å². The Hall–Kier alpha value is -4.18. The molecule has 0 radical (unpaired) electrons. The third-order valence-electron chi connectivity index (χ3n) is 6.48. The summed E-state index contributed by atoms with van der Waals surface area (Å²) in [5.74, 6) is -1.10. The standard InChI is InChI=1S/C24H23F3N8O2/c1-14-22(31-32-35(14)19-5-6-33(13-28)11-18(19)27)15-7-20(23-17(26)9-30-34(23)10-15)37-12-24(2,36)21-4-3-16(25)8-29-21/h3-4,7-10,18-19,36H,5-6,11-12H2,1-2H3/t18-,19+,24+/m1/s1. The van der Waals surface area contributed by atoms with Crippen molar-refractivity contribution in [3.05, 3.63) is 59.8 Å². The van der Waals surface area contributed by atoms with E-state index in [9.17, 15) is 18.3 Å². The van der Waals surface area contributed by atoms with Crippen LogP contribution in [0.5, 0.6) is 5.75 Å². The molecule has 5 rings (SSSR count). The van der Waals surface area contributed by atoms with Crippen LogP contribution in [-0.4, -0.2) is 65.5 Å². The van der Waals surface area contributed by atoms with Gasteiger partial charge in [-0.3, -0.25) is 4.98 Å². The zero-order valence-corrected chi connectivity index (χ0v) is 20.0. The van der Waals surface area contributed by atoms with Crippen LogP contribution in [0.25, 0.3) is 16.8 Å². The molecule has 1 fully saturated rings. The molecule has 4 aromatic heterocycles. The van der Waals surface area contributed by atoms with Crippen molar-refractivity contribution < 1.29 is 23.0 Å². The molecule has 1 N–H and O–H groups in total. The van der Waals surface area contributed by atoms with Crippen molar-refractivity contribution in [2.75, 3.05) is 19.7 Å². The summed E-state index contributed by atoms with van der Waals surface area (Å²) in [6, 6.07) is 3.47. The van der Waals surface area contributed by atoms with Gasteiger partial charge in [-0.15, -0.1) is 5.10 Å². The Bertz CT molecular complexity index is 1480. The summed E-state index contributed by atoms with van der Waals surface area (Å²) in [4.78, 5) is 5.27. The van der Waals surface area contributed by atoms with E-state index in [1.807, 2.05) is 6.19 Å². The predicted molar refractivity (Wildman–Crippen MR) is 124 cm³/mol. The Morgan fingerprint density at radius 3 is 2.81 bits per heavy atom. The molecule has 10 nitrogen and oxygen atoms in total. The second kappa shape index (κ2) is 9.36. The van der Waals surface area contributed by atoms with Gasteiger partial charge in [-0.1, -0.05) is 5.21 Å². The van der Waals surface area contributed by atoms with E-state index in [1.54, 1.807) is 19.2 Å². The molecule has 0 saturated carbocycles. The van der Waals surface area contributed by atoms with Crippen LogP contribution in [0, 0.1) is 30.0 Å². The number of alkyl halides is 1. The number of nitrogens with zero attached hydrogens (tertiary/aromatic N) is 8. The molecule has 192 valence electrons. The molecule has 3 atom stereocenters. The quantitative estimate of drug-likeness (QED) is 0.392. The van der Waals surface area contributed by atoms with E-state index in [0.717, 1.165) is 12.4 Å². The van der Waals surface area contributed by atoms with Crippen molar-refractivity contribution in [1.82, 2.24) is 34.5 Å². The van der Waals surface area contributed by atoms with E-state index in [0.29, 0.717) is 29.9 Å². The number of aliphatic hydroxyl groups is 1. The molecule has 37 heavy (non-hydrogen) atoms. The maximum Gasteiger partial charge on any atom is 0.179 e. The summed E-state index contributed by atoms with van der Waals surface area (Å²) in [5.41, 5.74) is 0.105. The minimum Gasteiger partial charge on any atom is -0.488 e. The smallest absolute Gasteiger partial charge is 0.179 e. The van der Waals surface area contributed by atoms with Gasteiger partial charge in [0.2, 0.25) is 0 Å². The summed E-state index contributed by atoms with van der Waals surface area (Å²) in [7, 11) is 0. The maximum atomic E-state index is 14.8. The minimum absolute atomic E-state index is 0.0187. The SMILES string of the molecule is Cc1c(-c2cc(OC[C@](C)(O)c3ccc(F)cn3)c3c(F)cnn3c2)nnn1[C@H]1CCN(C#N)C[C@H]1F. The lowest BCUT2D eigenvalue weighted by atomic mass is 10.0. The van der Waals surface area contributed by atoms with Crippen molar-refractivity contribution in [3.63, 3.8) is 0 Å². The summed E-state index contributed by atoms with van der Waals surface area (Å²) in [5, 5.41) is 32.3. The number of aromatic nitrogens is 6. The number of rotatable bonds is 6. The van der Waals surface area contributed by atoms with Gasteiger partial charge in [0, 0.05) is 18.3 Å². The van der Waals surface area contributed by atoms with Gasteiger partial charge in [-0.2, -0.15) is 10.4 Å². The van der Waals surface area contributed by atoms with E-state index in [4.69, 9.17) is 10.00 Å². The van der Waals surface area contributed by atoms with Crippen molar-refractivity contribution in [2.45, 2.75) is 38.1 Å². The van der Waals surface area contributed by atoms with Gasteiger partial charge in [0.15, 0.2) is 12.0 Å². The highest BCUT2D eigenvalue weighted by Crippen LogP contribution is 2.33. The van der Waals surface area contributed by atoms with Crippen molar-refractivity contribution >= 4 is 5.52 Å². The molecule has 0 bridgehead atoms. The molecule has 1 aliphatic rings. The fourth-order valence-corrected chi connectivity index (χ4v) is 4.46. The van der Waals surface area contributed by atoms with E-state index in [2.05, 4.69) is 20.4 Å². The number of fused-ring (bicyclic) bond motifs is 1. The molecule has 5 heterocycles. The summed E-state index contributed by atoms with van der Waals surface area (Å²) < 4.78 is 51.3. The molecule has 0 amide bonds. The summed E-state index contributed by atoms with van der Waals surface area (Å²) >= 11 is 0. The molecule has 0 spiro atoms. The van der Waals surface area contributed by atoms with Crippen LogP contribution in [0.1, 0.15) is 30.8 Å². The predicted octanol–water partition coefficient (Wildman–Crippen LogP) is 2.93. The molecule has 0 aliphatic carbocycles. The number of ether oxygens (including phenoxy) is 1. The van der Waals surface area contributed by atoms with Gasteiger partial charge in [0.1, 0.15) is 41.2 Å². The van der Waals surface area contributed by atoms with E-state index < -0.39 is 29.4 Å². The number of pyridine rings is 2. The number of piperidine rings is 1. The molecular formula is C24H23F3N8O2. The van der Waals surface area contributed by atoms with Crippen LogP contribution in [0.15, 0.2) is 36.8 Å². The molecule has 4 aromatic rings. The van der Waals surface area contributed by atoms with Gasteiger partial charge in [0.05, 0.1) is 36.4 Å². The number of likely N-dealkylation sites (tertiary alicyclic amines) is 1. The Labute approximate surface area is 209 Å². The Kier molecular flexibility index (Phi) is 6.20. The normalized spacial score (nSPS) is 19.5. The van der Waals surface area contributed by atoms with E-state index in [-0.39, 0.29) is 30.1 Å². The zero-order chi connectivity index (χ0) is 26.3. The molecular weight excluding hydrogens is 489 g/mol. The maximum absolute atomic E-state index is 14.8. The van der Waals surface area contributed by atoms with Crippen LogP contribution >= 0.6 is 0 Å². The fraction of sp³-hybridized carbons (Fsp3) is 0.375. The largest absolute Gasteiger partial charge is 0.488 e. The summed E-state index contributed by atoms with van der Waals surface area (Å²) in [6.45, 7) is 3.27. The zero-order valence-electron chi connectivity index (χ0n) is 20.0. The minimum atomic E-state index is -1.61. The lowest BCUT2D eigenvalue weighted by molar-refractivity contribution is 0.00415. The Morgan fingerprint density at radius 1 is 1.30 bits per heavy atom. The lowest BCUT2D eigenvalue weighted by Gasteiger charge is -2.31. The van der Waals surface area contributed by atoms with Crippen molar-refractivity contribution in [2.24, 2.45) is 0 Å². The van der Waals surface area contributed by atoms with Gasteiger partial charge >= 0.3 is 0 Å². The van der Waals surface area contributed by atoms with Gasteiger partial charge < -0.3 is 14.7 Å². The third-order valence-corrected chi connectivity index (χ3v) is 6.48. The first-order chi connectivity index (χ1) is 17.7. The van der Waals surface area contributed by atoms with Crippen LogP contribution in [0.4, 0.5) is 13.2 Å². The molecule has 1 aliphatic heterocycles. The van der Waals surface area contributed by atoms with Crippen LogP contribution in [0.2, 0.25) is 0 Å².